The molecule has 0 radical (unpaired) electrons. The van der Waals surface area contributed by atoms with E-state index in [1.54, 1.807) is 12.1 Å². The third-order valence-electron chi connectivity index (χ3n) is 11.0. The van der Waals surface area contributed by atoms with Gasteiger partial charge in [-0.15, -0.1) is 5.54 Å². The Kier molecular flexibility index (Phi) is 10.4. The number of carbonyl (C=O) groups excluding carboxylic acids is 1. The van der Waals surface area contributed by atoms with Gasteiger partial charge in [0, 0.05) is 29.4 Å². The fourth-order valence-electron chi connectivity index (χ4n) is 8.84. The van der Waals surface area contributed by atoms with Crippen LogP contribution in [0.5, 0.6) is 0 Å². The summed E-state index contributed by atoms with van der Waals surface area (Å²) >= 11 is 13.6. The summed E-state index contributed by atoms with van der Waals surface area (Å²) in [7, 11) is -2.24. The highest BCUT2D eigenvalue weighted by Gasteiger charge is 2.45. The number of hydrogen-bond acceptors (Lipinski definition) is 5. The minimum atomic E-state index is -2.24. The van der Waals surface area contributed by atoms with Crippen LogP contribution in [0, 0.1) is 30.0 Å². The predicted molar refractivity (Wildman–Crippen MR) is 212 cm³/mol. The minimum Gasteiger partial charge on any atom is -0.444 e. The number of hydrogen-bond donors (Lipinski definition) is 0. The number of fused-ring (bicyclic) bond motifs is 4. The van der Waals surface area contributed by atoms with E-state index in [-0.39, 0.29) is 45.1 Å². The molecule has 2 aliphatic heterocycles. The van der Waals surface area contributed by atoms with Gasteiger partial charge < -0.3 is 9.64 Å². The summed E-state index contributed by atoms with van der Waals surface area (Å²) in [6, 6.07) is 8.40. The number of piperazine rings is 1. The van der Waals surface area contributed by atoms with Gasteiger partial charge in [-0.05, 0) is 97.4 Å². The molecule has 2 bridgehead atoms. The van der Waals surface area contributed by atoms with Gasteiger partial charge >= 0.3 is 6.09 Å². The molecule has 0 saturated carbocycles. The van der Waals surface area contributed by atoms with Gasteiger partial charge in [0.1, 0.15) is 30.8 Å². The summed E-state index contributed by atoms with van der Waals surface area (Å²) in [6.45, 7) is 21.7. The first-order chi connectivity index (χ1) is 24.3. The fourth-order valence-corrected chi connectivity index (χ4v) is 14.5. The minimum absolute atomic E-state index is 0.0147. The molecule has 2 fully saturated rings. The summed E-state index contributed by atoms with van der Waals surface area (Å²) in [5.41, 5.74) is 5.75. The van der Waals surface area contributed by atoms with Crippen LogP contribution in [0.25, 0.3) is 32.8 Å². The first kappa shape index (κ1) is 38.3. The second-order valence-corrected chi connectivity index (χ2v) is 22.7. The Morgan fingerprint density at radius 1 is 0.962 bits per heavy atom. The van der Waals surface area contributed by atoms with E-state index < -0.39 is 25.3 Å². The molecule has 2 unspecified atom stereocenters. The Morgan fingerprint density at radius 3 is 2.15 bits per heavy atom. The summed E-state index contributed by atoms with van der Waals surface area (Å²) in [6.07, 6.45) is 1.29. The average molecular weight is 766 g/mol. The van der Waals surface area contributed by atoms with Crippen LogP contribution >= 0.6 is 23.2 Å². The van der Waals surface area contributed by atoms with Crippen LogP contribution in [-0.4, -0.2) is 59.8 Å². The maximum atomic E-state index is 17.2. The molecular weight excluding hydrogens is 717 g/mol. The lowest BCUT2D eigenvalue weighted by atomic mass is 9.91. The van der Waals surface area contributed by atoms with Crippen LogP contribution in [0.1, 0.15) is 86.3 Å². The van der Waals surface area contributed by atoms with Crippen LogP contribution in [-0.2, 0) is 4.74 Å². The summed E-state index contributed by atoms with van der Waals surface area (Å²) in [5.74, 6) is 2.64. The van der Waals surface area contributed by atoms with Crippen LogP contribution in [0.15, 0.2) is 30.3 Å². The highest BCUT2D eigenvalue weighted by Crippen LogP contribution is 2.45. The number of halogens is 4. The van der Waals surface area contributed by atoms with Gasteiger partial charge in [0.15, 0.2) is 5.82 Å². The van der Waals surface area contributed by atoms with Crippen molar-refractivity contribution in [3.05, 3.63) is 63.4 Å². The molecule has 2 aliphatic rings. The lowest BCUT2D eigenvalue weighted by molar-refractivity contribution is 0.0123. The first-order valence-corrected chi connectivity index (χ1v) is 21.2. The Bertz CT molecular complexity index is 2100. The molecule has 1 aromatic heterocycles. The van der Waals surface area contributed by atoms with E-state index in [2.05, 4.69) is 63.0 Å². The lowest BCUT2D eigenvalue weighted by Crippen LogP contribution is -2.57. The first-order valence-electron chi connectivity index (χ1n) is 18.2. The zero-order chi connectivity index (χ0) is 38.0. The second-order valence-electron chi connectivity index (χ2n) is 16.4. The Balaban J connectivity index is 1.51. The highest BCUT2D eigenvalue weighted by molar-refractivity contribution is 6.90. The third-order valence-corrected chi connectivity index (χ3v) is 17.7. The summed E-state index contributed by atoms with van der Waals surface area (Å²) < 4.78 is 38.9. The topological polar surface area (TPSA) is 58.6 Å². The van der Waals surface area contributed by atoms with Crippen LogP contribution < -0.4 is 4.90 Å². The second kappa shape index (κ2) is 14.1. The molecule has 2 atom stereocenters. The molecule has 2 saturated heterocycles. The van der Waals surface area contributed by atoms with E-state index in [0.29, 0.717) is 51.9 Å². The van der Waals surface area contributed by atoms with Crippen molar-refractivity contribution in [3.8, 4) is 22.6 Å². The van der Waals surface area contributed by atoms with E-state index in [0.717, 1.165) is 23.8 Å². The number of aryl methyl sites for hydroxylation is 1. The van der Waals surface area contributed by atoms with E-state index >= 15 is 8.78 Å². The molecule has 4 aromatic rings. The number of aromatic nitrogens is 2. The van der Waals surface area contributed by atoms with Gasteiger partial charge in [-0.2, -0.15) is 4.98 Å². The number of anilines is 1. The van der Waals surface area contributed by atoms with Gasteiger partial charge in [0.2, 0.25) is 5.28 Å². The Morgan fingerprint density at radius 2 is 1.58 bits per heavy atom. The quantitative estimate of drug-likeness (QED) is 0.115. The number of carbonyl (C=O) groups is 1. The maximum Gasteiger partial charge on any atom is 0.410 e. The zero-order valence-corrected chi connectivity index (χ0v) is 34.2. The van der Waals surface area contributed by atoms with Gasteiger partial charge in [0.05, 0.1) is 22.7 Å². The average Bonchev–Trinajstić information content (AvgIpc) is 3.30. The molecule has 0 spiro atoms. The number of nitrogens with zero attached hydrogens (tertiary/aromatic N) is 4. The number of rotatable bonds is 5. The molecule has 6 nitrogen and oxygen atoms in total. The van der Waals surface area contributed by atoms with Crippen LogP contribution in [0.4, 0.5) is 19.4 Å². The molecule has 3 heterocycles. The molecule has 3 aromatic carbocycles. The largest absolute Gasteiger partial charge is 0.444 e. The zero-order valence-electron chi connectivity index (χ0n) is 31.7. The van der Waals surface area contributed by atoms with Crippen LogP contribution in [0.3, 0.4) is 0 Å². The monoisotopic (exact) mass is 764 g/mol. The number of amides is 1. The maximum absolute atomic E-state index is 17.2. The van der Waals surface area contributed by atoms with Crippen molar-refractivity contribution >= 4 is 64.9 Å². The van der Waals surface area contributed by atoms with Gasteiger partial charge in [-0.25, -0.2) is 18.6 Å². The van der Waals surface area contributed by atoms with Crippen molar-refractivity contribution in [2.75, 3.05) is 18.0 Å². The molecule has 11 heteroatoms. The lowest BCUT2D eigenvalue weighted by Gasteiger charge is -2.42. The summed E-state index contributed by atoms with van der Waals surface area (Å²) in [5, 5.41) is 1.68. The highest BCUT2D eigenvalue weighted by atomic mass is 35.5. The predicted octanol–water partition coefficient (Wildman–Crippen LogP) is 11.5. The molecule has 6 rings (SSSR count). The van der Waals surface area contributed by atoms with Crippen molar-refractivity contribution < 1.29 is 18.3 Å². The van der Waals surface area contributed by atoms with E-state index in [1.165, 1.54) is 6.07 Å². The van der Waals surface area contributed by atoms with Crippen molar-refractivity contribution in [2.45, 2.75) is 116 Å². The molecule has 0 N–H and O–H groups in total. The normalized spacial score (nSPS) is 17.9. The molecule has 276 valence electrons. The van der Waals surface area contributed by atoms with Crippen molar-refractivity contribution in [1.29, 1.82) is 0 Å². The van der Waals surface area contributed by atoms with E-state index in [9.17, 15) is 4.79 Å². The Hall–Kier alpha value is -3.45. The fraction of sp³-hybridized carbons (Fsp3) is 0.488. The Labute approximate surface area is 317 Å². The standard InChI is InChI=1S/C41H48Cl2F2N4O2Si/c1-22(2)52(23(3)4,24(5)6)16-15-29-33(44)14-11-26-17-25(7)18-30(34(26)29)35-32(42)19-31-37(36(35)45)46-39(43)47-38(31)48-20-27-12-13-28(21-48)49(27)40(50)51-41(8,9)10/h11,14,17-19,22-24,27-28H,12-13,20-21H2,1-10H3. The number of benzene rings is 3. The van der Waals surface area contributed by atoms with Gasteiger partial charge in [0.25, 0.3) is 0 Å². The van der Waals surface area contributed by atoms with Gasteiger partial charge in [-0.1, -0.05) is 77.3 Å². The van der Waals surface area contributed by atoms with Crippen molar-refractivity contribution in [1.82, 2.24) is 14.9 Å². The number of ether oxygens (including phenoxy) is 1. The molecule has 1 amide bonds. The third kappa shape index (κ3) is 6.76. The molecule has 0 aliphatic carbocycles. The van der Waals surface area contributed by atoms with E-state index in [1.807, 2.05) is 49.6 Å². The smallest absolute Gasteiger partial charge is 0.410 e. The molecular formula is C41H48Cl2F2N4O2Si. The van der Waals surface area contributed by atoms with Gasteiger partial charge in [-0.3, -0.25) is 4.90 Å². The van der Waals surface area contributed by atoms with Crippen molar-refractivity contribution in [2.24, 2.45) is 0 Å². The van der Waals surface area contributed by atoms with Crippen LogP contribution in [0.2, 0.25) is 26.9 Å². The SMILES string of the molecule is Cc1cc(-c2c(Cl)cc3c(N4CC5CCC(C4)N5C(=O)OC(C)(C)C)nc(Cl)nc3c2F)c2c(C#C[Si](C(C)C)(C(C)C)C(C)C)c(F)ccc2c1. The summed E-state index contributed by atoms with van der Waals surface area (Å²) in [4.78, 5) is 25.9. The van der Waals surface area contributed by atoms with Crippen molar-refractivity contribution in [3.63, 3.8) is 0 Å². The molecule has 52 heavy (non-hydrogen) atoms. The van der Waals surface area contributed by atoms with E-state index in [4.69, 9.17) is 27.9 Å².